The minimum Gasteiger partial charge on any atom is -0.445 e. The molecule has 2 heterocycles. The lowest BCUT2D eigenvalue weighted by Crippen LogP contribution is -2.55. The summed E-state index contributed by atoms with van der Waals surface area (Å²) in [4.78, 5) is 24.2. The van der Waals surface area contributed by atoms with Crippen LogP contribution in [0, 0.1) is 5.92 Å². The molecule has 1 saturated heterocycles. The molecule has 1 aliphatic carbocycles. The van der Waals surface area contributed by atoms with E-state index < -0.39 is 67.9 Å². The van der Waals surface area contributed by atoms with E-state index in [2.05, 4.69) is 10.6 Å². The first-order valence-corrected chi connectivity index (χ1v) is 14.2. The normalized spacial score (nSPS) is 37.0. The van der Waals surface area contributed by atoms with Crippen LogP contribution in [0.3, 0.4) is 0 Å². The van der Waals surface area contributed by atoms with Gasteiger partial charge >= 0.3 is 6.09 Å². The Morgan fingerprint density at radius 2 is 1.76 bits per heavy atom. The van der Waals surface area contributed by atoms with E-state index in [1.807, 2.05) is 50.3 Å². The number of aliphatic hydroxyl groups is 3. The smallest absolute Gasteiger partial charge is 0.408 e. The highest BCUT2D eigenvalue weighted by atomic mass is 16.7. The van der Waals surface area contributed by atoms with Crippen LogP contribution in [0.25, 0.3) is 0 Å². The van der Waals surface area contributed by atoms with E-state index >= 15 is 0 Å². The van der Waals surface area contributed by atoms with Crippen molar-refractivity contribution in [2.24, 2.45) is 5.92 Å². The number of rotatable bonds is 10. The van der Waals surface area contributed by atoms with Crippen molar-refractivity contribution in [3.05, 3.63) is 48.0 Å². The van der Waals surface area contributed by atoms with Gasteiger partial charge in [-0.3, -0.25) is 4.79 Å². The van der Waals surface area contributed by atoms with Gasteiger partial charge in [-0.2, -0.15) is 0 Å². The summed E-state index contributed by atoms with van der Waals surface area (Å²) < 4.78 is 29.3. The van der Waals surface area contributed by atoms with Crippen molar-refractivity contribution in [2.75, 3.05) is 6.61 Å². The molecular weight excluding hydrogens is 536 g/mol. The maximum Gasteiger partial charge on any atom is 0.408 e. The number of alkyl carbamates (subject to hydrolysis) is 1. The fraction of sp³-hybridized carbons (Fsp3) is 0.655. The summed E-state index contributed by atoms with van der Waals surface area (Å²) in [6.07, 6.45) is -2.98. The van der Waals surface area contributed by atoms with Gasteiger partial charge in [0.05, 0.1) is 24.9 Å². The molecule has 4 rings (SSSR count). The summed E-state index contributed by atoms with van der Waals surface area (Å²) in [5.41, 5.74) is 0.834. The third-order valence-electron chi connectivity index (χ3n) is 7.58. The number of ether oxygens (including phenoxy) is 5. The van der Waals surface area contributed by atoms with Gasteiger partial charge in [0.25, 0.3) is 0 Å². The second-order valence-electron chi connectivity index (χ2n) is 10.9. The van der Waals surface area contributed by atoms with Gasteiger partial charge in [0.2, 0.25) is 5.91 Å². The average Bonchev–Trinajstić information content (AvgIpc) is 3.24. The molecule has 1 aromatic rings. The Balaban J connectivity index is 1.40. The van der Waals surface area contributed by atoms with Gasteiger partial charge < -0.3 is 49.6 Å². The number of hydrogen-bond donors (Lipinski definition) is 5. The molecule has 1 aromatic carbocycles. The van der Waals surface area contributed by atoms with Crippen LogP contribution < -0.4 is 10.6 Å². The van der Waals surface area contributed by atoms with Crippen LogP contribution in [0.15, 0.2) is 42.5 Å². The van der Waals surface area contributed by atoms with E-state index in [0.717, 1.165) is 5.56 Å². The first-order chi connectivity index (χ1) is 19.7. The molecule has 2 aliphatic heterocycles. The van der Waals surface area contributed by atoms with Gasteiger partial charge in [0.1, 0.15) is 37.1 Å². The third-order valence-corrected chi connectivity index (χ3v) is 7.58. The zero-order valence-corrected chi connectivity index (χ0v) is 23.6. The predicted molar refractivity (Wildman–Crippen MR) is 145 cm³/mol. The Kier molecular flexibility index (Phi) is 11.1. The molecular formula is C29H42N2O10. The van der Waals surface area contributed by atoms with Crippen LogP contribution in [0.5, 0.6) is 0 Å². The number of benzene rings is 1. The van der Waals surface area contributed by atoms with E-state index in [-0.39, 0.29) is 24.5 Å². The summed E-state index contributed by atoms with van der Waals surface area (Å²) in [6, 6.07) is 8.02. The molecule has 3 aliphatic rings. The summed E-state index contributed by atoms with van der Waals surface area (Å²) in [5, 5.41) is 37.5. The lowest BCUT2D eigenvalue weighted by atomic mass is 9.82. The van der Waals surface area contributed by atoms with E-state index in [1.165, 1.54) is 6.92 Å². The van der Waals surface area contributed by atoms with Crippen LogP contribution in [0.1, 0.15) is 45.6 Å². The largest absolute Gasteiger partial charge is 0.445 e. The molecule has 0 radical (unpaired) electrons. The van der Waals surface area contributed by atoms with Crippen molar-refractivity contribution in [2.45, 2.75) is 108 Å². The number of nitrogens with one attached hydrogen (secondary N) is 2. The molecule has 0 spiro atoms. The van der Waals surface area contributed by atoms with Gasteiger partial charge in [-0.15, -0.1) is 0 Å². The number of carbonyl (C=O) groups is 2. The van der Waals surface area contributed by atoms with Crippen molar-refractivity contribution in [3.8, 4) is 0 Å². The number of carbonyl (C=O) groups excluding carboxylic acids is 2. The molecule has 2 fully saturated rings. The van der Waals surface area contributed by atoms with Crippen LogP contribution in [0.4, 0.5) is 4.79 Å². The molecule has 12 heteroatoms. The van der Waals surface area contributed by atoms with Gasteiger partial charge in [-0.05, 0) is 30.7 Å². The predicted octanol–water partition coefficient (Wildman–Crippen LogP) is 1.12. The van der Waals surface area contributed by atoms with E-state index in [9.17, 15) is 24.9 Å². The summed E-state index contributed by atoms with van der Waals surface area (Å²) in [7, 11) is 0. The number of hydrogen-bond acceptors (Lipinski definition) is 10. The monoisotopic (exact) mass is 578 g/mol. The fourth-order valence-electron chi connectivity index (χ4n) is 5.47. The Hall–Kier alpha value is -2.58. The van der Waals surface area contributed by atoms with Gasteiger partial charge in [-0.1, -0.05) is 56.3 Å². The van der Waals surface area contributed by atoms with E-state index in [4.69, 9.17) is 23.7 Å². The molecule has 11 unspecified atom stereocenters. The van der Waals surface area contributed by atoms with Crippen LogP contribution in [-0.4, -0.2) is 95.2 Å². The molecule has 1 saturated carbocycles. The first kappa shape index (κ1) is 31.4. The van der Waals surface area contributed by atoms with Crippen LogP contribution >= 0.6 is 0 Å². The maximum atomic E-state index is 12.6. The SMILES string of the molecule is CCC1C=CC(NC(=O)OCc2ccccc2)C(OC2C(CO)OC(OC3CC(C)CC(NC(C)=O)C3O)C2O)O1. The Morgan fingerprint density at radius 3 is 2.44 bits per heavy atom. The summed E-state index contributed by atoms with van der Waals surface area (Å²) in [5.74, 6) is -0.117. The second kappa shape index (κ2) is 14.5. The minimum atomic E-state index is -1.34. The molecule has 11 atom stereocenters. The lowest BCUT2D eigenvalue weighted by Gasteiger charge is -2.39. The zero-order valence-electron chi connectivity index (χ0n) is 23.6. The highest BCUT2D eigenvalue weighted by Crippen LogP contribution is 2.33. The standard InChI is InChI=1S/C29H42N2O10/c1-4-19-10-11-20(31-29(36)37-15-18-8-6-5-7-9-18)27(38-19)41-26-23(14-32)40-28(25(26)35)39-22-13-16(2)12-21(24(22)34)30-17(3)33/h5-11,16,19-28,32,34-35H,4,12-15H2,1-3H3,(H,30,33)(H,31,36). The van der Waals surface area contributed by atoms with Crippen molar-refractivity contribution in [1.82, 2.24) is 10.6 Å². The number of aliphatic hydroxyl groups excluding tert-OH is 3. The topological polar surface area (TPSA) is 165 Å². The Morgan fingerprint density at radius 1 is 1.00 bits per heavy atom. The van der Waals surface area contributed by atoms with Gasteiger partial charge in [0.15, 0.2) is 12.6 Å². The van der Waals surface area contributed by atoms with E-state index in [1.54, 1.807) is 6.08 Å². The third kappa shape index (κ3) is 8.25. The quantitative estimate of drug-likeness (QED) is 0.254. The van der Waals surface area contributed by atoms with Gasteiger partial charge in [0, 0.05) is 6.92 Å². The summed E-state index contributed by atoms with van der Waals surface area (Å²) >= 11 is 0. The Labute approximate surface area is 239 Å². The molecule has 5 N–H and O–H groups in total. The molecule has 228 valence electrons. The second-order valence-corrected chi connectivity index (χ2v) is 10.9. The molecule has 0 bridgehead atoms. The van der Waals surface area contributed by atoms with Crippen LogP contribution in [-0.2, 0) is 35.1 Å². The van der Waals surface area contributed by atoms with Crippen molar-refractivity contribution >= 4 is 12.0 Å². The van der Waals surface area contributed by atoms with Crippen molar-refractivity contribution in [3.63, 3.8) is 0 Å². The molecule has 41 heavy (non-hydrogen) atoms. The Bertz CT molecular complexity index is 1030. The highest BCUT2D eigenvalue weighted by Gasteiger charge is 2.49. The molecule has 2 amide bonds. The molecule has 0 aromatic heterocycles. The fourth-order valence-corrected chi connectivity index (χ4v) is 5.47. The van der Waals surface area contributed by atoms with Crippen LogP contribution in [0.2, 0.25) is 0 Å². The van der Waals surface area contributed by atoms with Crippen molar-refractivity contribution in [1.29, 1.82) is 0 Å². The lowest BCUT2D eigenvalue weighted by molar-refractivity contribution is -0.227. The maximum absolute atomic E-state index is 12.6. The average molecular weight is 579 g/mol. The first-order valence-electron chi connectivity index (χ1n) is 14.2. The van der Waals surface area contributed by atoms with Gasteiger partial charge in [-0.25, -0.2) is 4.79 Å². The summed E-state index contributed by atoms with van der Waals surface area (Å²) in [6.45, 7) is 4.92. The van der Waals surface area contributed by atoms with E-state index in [0.29, 0.717) is 19.3 Å². The molecule has 12 nitrogen and oxygen atoms in total. The highest BCUT2D eigenvalue weighted by molar-refractivity contribution is 5.73. The minimum absolute atomic E-state index is 0.0856. The van der Waals surface area contributed by atoms with Crippen molar-refractivity contribution < 1.29 is 48.6 Å². The zero-order chi connectivity index (χ0) is 29.5. The number of amides is 2.